The smallest absolute Gasteiger partial charge is 0.348 e. The molecule has 0 unspecified atom stereocenters. The molecule has 0 radical (unpaired) electrons. The molecule has 2 aromatic heterocycles. The third-order valence-electron chi connectivity index (χ3n) is 3.20. The molecule has 0 spiro atoms. The van der Waals surface area contributed by atoms with Crippen molar-refractivity contribution in [1.82, 2.24) is 24.5 Å². The third kappa shape index (κ3) is 2.33. The highest BCUT2D eigenvalue weighted by molar-refractivity contribution is 5.56. The third-order valence-corrected chi connectivity index (χ3v) is 3.20. The van der Waals surface area contributed by atoms with E-state index >= 15 is 0 Å². The van der Waals surface area contributed by atoms with Crippen molar-refractivity contribution in [3.8, 4) is 22.8 Å². The maximum atomic E-state index is 12.1. The van der Waals surface area contributed by atoms with E-state index in [1.54, 1.807) is 24.1 Å². The van der Waals surface area contributed by atoms with E-state index in [0.717, 1.165) is 12.1 Å². The Bertz CT molecular complexity index is 815. The average molecular weight is 285 g/mol. The number of aromatic amines is 1. The number of rotatable bonds is 4. The molecule has 3 aromatic rings. The molecule has 0 aliphatic carbocycles. The van der Waals surface area contributed by atoms with Gasteiger partial charge in [0.1, 0.15) is 5.75 Å². The Morgan fingerprint density at radius 1 is 1.38 bits per heavy atom. The second kappa shape index (κ2) is 5.28. The van der Waals surface area contributed by atoms with Gasteiger partial charge in [0.15, 0.2) is 5.82 Å². The first-order chi connectivity index (χ1) is 10.2. The largest absolute Gasteiger partial charge is 0.497 e. The van der Waals surface area contributed by atoms with Crippen LogP contribution in [-0.4, -0.2) is 31.7 Å². The molecule has 108 valence electrons. The molecule has 0 atom stereocenters. The van der Waals surface area contributed by atoms with Gasteiger partial charge in [-0.15, -0.1) is 0 Å². The van der Waals surface area contributed by atoms with E-state index in [1.807, 2.05) is 31.3 Å². The Labute approximate surface area is 120 Å². The van der Waals surface area contributed by atoms with E-state index in [2.05, 4.69) is 15.3 Å². The summed E-state index contributed by atoms with van der Waals surface area (Å²) in [4.78, 5) is 12.1. The summed E-state index contributed by atoms with van der Waals surface area (Å²) in [5.41, 5.74) is 1.16. The molecule has 0 bridgehead atoms. The Hall–Kier alpha value is -2.83. The van der Waals surface area contributed by atoms with Crippen LogP contribution in [0.5, 0.6) is 5.75 Å². The fraction of sp³-hybridized carbons (Fsp3) is 0.214. The van der Waals surface area contributed by atoms with Crippen LogP contribution >= 0.6 is 0 Å². The van der Waals surface area contributed by atoms with Gasteiger partial charge in [-0.05, 0) is 19.1 Å². The zero-order valence-corrected chi connectivity index (χ0v) is 11.8. The molecule has 0 saturated carbocycles. The van der Waals surface area contributed by atoms with Gasteiger partial charge < -0.3 is 4.74 Å². The molecule has 1 aromatic carbocycles. The maximum absolute atomic E-state index is 12.1. The van der Waals surface area contributed by atoms with Gasteiger partial charge in [0, 0.05) is 18.8 Å². The summed E-state index contributed by atoms with van der Waals surface area (Å²) in [6.07, 6.45) is 3.54. The van der Waals surface area contributed by atoms with Crippen LogP contribution < -0.4 is 10.4 Å². The van der Waals surface area contributed by atoms with Crippen molar-refractivity contribution in [2.24, 2.45) is 0 Å². The summed E-state index contributed by atoms with van der Waals surface area (Å²) in [5, 5.41) is 10.8. The quantitative estimate of drug-likeness (QED) is 0.787. The molecule has 2 heterocycles. The number of benzene rings is 1. The van der Waals surface area contributed by atoms with Crippen molar-refractivity contribution in [3.05, 3.63) is 47.1 Å². The fourth-order valence-corrected chi connectivity index (χ4v) is 2.13. The van der Waals surface area contributed by atoms with Crippen molar-refractivity contribution < 1.29 is 4.74 Å². The lowest BCUT2D eigenvalue weighted by Gasteiger charge is -2.06. The van der Waals surface area contributed by atoms with E-state index in [1.165, 1.54) is 4.57 Å². The number of nitrogens with zero attached hydrogens (tertiary/aromatic N) is 4. The zero-order chi connectivity index (χ0) is 14.8. The Morgan fingerprint density at radius 3 is 2.95 bits per heavy atom. The number of nitrogens with one attached hydrogen (secondary N) is 1. The van der Waals surface area contributed by atoms with E-state index < -0.39 is 0 Å². The molecule has 3 rings (SSSR count). The number of hydrogen-bond donors (Lipinski definition) is 1. The number of H-pyrrole nitrogens is 1. The van der Waals surface area contributed by atoms with E-state index in [9.17, 15) is 4.79 Å². The second-order valence-corrected chi connectivity index (χ2v) is 4.47. The summed E-state index contributed by atoms with van der Waals surface area (Å²) >= 11 is 0. The van der Waals surface area contributed by atoms with Gasteiger partial charge in [-0.3, -0.25) is 4.68 Å². The number of methoxy groups -OCH3 is 1. The summed E-state index contributed by atoms with van der Waals surface area (Å²) in [6.45, 7) is 2.75. The summed E-state index contributed by atoms with van der Waals surface area (Å²) in [5.74, 6) is 1.20. The number of ether oxygens (including phenoxy) is 1. The molecule has 0 fully saturated rings. The summed E-state index contributed by atoms with van der Waals surface area (Å²) < 4.78 is 8.48. The topological polar surface area (TPSA) is 77.7 Å². The van der Waals surface area contributed by atoms with E-state index in [-0.39, 0.29) is 5.69 Å². The van der Waals surface area contributed by atoms with E-state index in [4.69, 9.17) is 4.74 Å². The molecule has 0 aliphatic heterocycles. The maximum Gasteiger partial charge on any atom is 0.348 e. The van der Waals surface area contributed by atoms with Gasteiger partial charge in [0.25, 0.3) is 0 Å². The van der Waals surface area contributed by atoms with Gasteiger partial charge >= 0.3 is 5.69 Å². The summed E-state index contributed by atoms with van der Waals surface area (Å²) in [6, 6.07) is 7.26. The molecule has 7 heteroatoms. The van der Waals surface area contributed by atoms with Crippen LogP contribution in [0.2, 0.25) is 0 Å². The lowest BCUT2D eigenvalue weighted by atomic mass is 10.2. The molecule has 21 heavy (non-hydrogen) atoms. The van der Waals surface area contributed by atoms with Gasteiger partial charge in [-0.25, -0.2) is 14.5 Å². The van der Waals surface area contributed by atoms with Crippen LogP contribution in [0.25, 0.3) is 17.1 Å². The van der Waals surface area contributed by atoms with Crippen LogP contribution in [-0.2, 0) is 6.54 Å². The number of aromatic nitrogens is 5. The minimum absolute atomic E-state index is 0.303. The predicted molar refractivity (Wildman–Crippen MR) is 77.6 cm³/mol. The number of hydrogen-bond acceptors (Lipinski definition) is 4. The second-order valence-electron chi connectivity index (χ2n) is 4.47. The molecular weight excluding hydrogens is 270 g/mol. The summed E-state index contributed by atoms with van der Waals surface area (Å²) in [7, 11) is 1.59. The Kier molecular flexibility index (Phi) is 3.31. The van der Waals surface area contributed by atoms with Crippen molar-refractivity contribution in [3.63, 3.8) is 0 Å². The SMILES string of the molecule is CCn1cc(-c2n[nH]c(=O)n2-c2cccc(OC)c2)cn1. The molecule has 1 N–H and O–H groups in total. The van der Waals surface area contributed by atoms with E-state index in [0.29, 0.717) is 17.3 Å². The van der Waals surface area contributed by atoms with Crippen molar-refractivity contribution >= 4 is 0 Å². The average Bonchev–Trinajstić information content (AvgIpc) is 3.13. The normalized spacial score (nSPS) is 10.8. The highest BCUT2D eigenvalue weighted by Gasteiger charge is 2.14. The standard InChI is InChI=1S/C14H15N5O2/c1-3-18-9-10(8-15-18)13-16-17-14(20)19(13)11-5-4-6-12(7-11)21-2/h4-9H,3H2,1-2H3,(H,17,20). The van der Waals surface area contributed by atoms with Gasteiger partial charge in [-0.2, -0.15) is 10.2 Å². The van der Waals surface area contributed by atoms with Gasteiger partial charge in [-0.1, -0.05) is 6.07 Å². The first-order valence-electron chi connectivity index (χ1n) is 6.57. The Balaban J connectivity index is 2.14. The molecule has 7 nitrogen and oxygen atoms in total. The van der Waals surface area contributed by atoms with Crippen LogP contribution in [0, 0.1) is 0 Å². The molecule has 0 aliphatic rings. The van der Waals surface area contributed by atoms with Crippen LogP contribution in [0.4, 0.5) is 0 Å². The first-order valence-corrected chi connectivity index (χ1v) is 6.57. The van der Waals surface area contributed by atoms with Gasteiger partial charge in [0.2, 0.25) is 0 Å². The van der Waals surface area contributed by atoms with Crippen molar-refractivity contribution in [2.45, 2.75) is 13.5 Å². The molecular formula is C14H15N5O2. The minimum Gasteiger partial charge on any atom is -0.497 e. The molecule has 0 saturated heterocycles. The predicted octanol–water partition coefficient (Wildman–Crippen LogP) is 1.45. The van der Waals surface area contributed by atoms with Crippen molar-refractivity contribution in [1.29, 1.82) is 0 Å². The zero-order valence-electron chi connectivity index (χ0n) is 11.8. The lowest BCUT2D eigenvalue weighted by Crippen LogP contribution is -2.15. The minimum atomic E-state index is -0.303. The highest BCUT2D eigenvalue weighted by Crippen LogP contribution is 2.21. The molecule has 0 amide bonds. The van der Waals surface area contributed by atoms with Crippen LogP contribution in [0.3, 0.4) is 0 Å². The van der Waals surface area contributed by atoms with Crippen molar-refractivity contribution in [2.75, 3.05) is 7.11 Å². The Morgan fingerprint density at radius 2 is 2.24 bits per heavy atom. The first kappa shape index (κ1) is 13.2. The number of aryl methyl sites for hydroxylation is 1. The van der Waals surface area contributed by atoms with Crippen LogP contribution in [0.15, 0.2) is 41.5 Å². The monoisotopic (exact) mass is 285 g/mol. The van der Waals surface area contributed by atoms with Crippen LogP contribution in [0.1, 0.15) is 6.92 Å². The fourth-order valence-electron chi connectivity index (χ4n) is 2.13. The highest BCUT2D eigenvalue weighted by atomic mass is 16.5. The lowest BCUT2D eigenvalue weighted by molar-refractivity contribution is 0.414. The van der Waals surface area contributed by atoms with Gasteiger partial charge in [0.05, 0.1) is 24.6 Å².